The van der Waals surface area contributed by atoms with Crippen LogP contribution in [0.5, 0.6) is 5.75 Å². The van der Waals surface area contributed by atoms with Crippen LogP contribution in [0.15, 0.2) is 54.6 Å². The highest BCUT2D eigenvalue weighted by molar-refractivity contribution is 6.03. The number of aryl methyl sites for hydroxylation is 2. The average Bonchev–Trinajstić information content (AvgIpc) is 2.97. The minimum atomic E-state index is -0.190. The molecule has 122 valence electrons. The summed E-state index contributed by atoms with van der Waals surface area (Å²) in [5.74, 6) is 0.564. The summed E-state index contributed by atoms with van der Waals surface area (Å²) in [6.07, 6.45) is 0. The van der Waals surface area contributed by atoms with Crippen LogP contribution in [0.25, 0.3) is 11.3 Å². The van der Waals surface area contributed by atoms with Gasteiger partial charge in [-0.3, -0.25) is 9.48 Å². The van der Waals surface area contributed by atoms with Crippen molar-refractivity contribution >= 4 is 11.6 Å². The van der Waals surface area contributed by atoms with E-state index in [0.29, 0.717) is 5.69 Å². The predicted molar refractivity (Wildman–Crippen MR) is 94.3 cm³/mol. The van der Waals surface area contributed by atoms with Crippen LogP contribution in [0.3, 0.4) is 0 Å². The molecule has 1 amide bonds. The number of hydrogen-bond donors (Lipinski definition) is 1. The molecule has 3 aromatic rings. The van der Waals surface area contributed by atoms with Gasteiger partial charge in [0.15, 0.2) is 0 Å². The van der Waals surface area contributed by atoms with E-state index < -0.39 is 0 Å². The highest BCUT2D eigenvalue weighted by Crippen LogP contribution is 2.23. The lowest BCUT2D eigenvalue weighted by Crippen LogP contribution is -2.16. The van der Waals surface area contributed by atoms with Crippen LogP contribution in [-0.2, 0) is 7.05 Å². The summed E-state index contributed by atoms with van der Waals surface area (Å²) in [4.78, 5) is 12.5. The third-order valence-corrected chi connectivity index (χ3v) is 3.75. The number of methoxy groups -OCH3 is 1. The third-order valence-electron chi connectivity index (χ3n) is 3.75. The van der Waals surface area contributed by atoms with Crippen molar-refractivity contribution in [3.8, 4) is 17.0 Å². The van der Waals surface area contributed by atoms with Crippen molar-refractivity contribution < 1.29 is 9.53 Å². The second-order valence-electron chi connectivity index (χ2n) is 5.59. The SMILES string of the molecule is COc1cccc(-c2cc(C(=O)Nc3cccc(C)c3)n(C)n2)c1. The topological polar surface area (TPSA) is 56.1 Å². The fourth-order valence-electron chi connectivity index (χ4n) is 2.52. The molecule has 1 aromatic heterocycles. The maximum Gasteiger partial charge on any atom is 0.273 e. The van der Waals surface area contributed by atoms with Crippen molar-refractivity contribution in [2.24, 2.45) is 7.05 Å². The van der Waals surface area contributed by atoms with E-state index in [2.05, 4.69) is 10.4 Å². The lowest BCUT2D eigenvalue weighted by Gasteiger charge is -2.05. The maximum absolute atomic E-state index is 12.5. The number of hydrogen-bond acceptors (Lipinski definition) is 3. The molecule has 0 spiro atoms. The van der Waals surface area contributed by atoms with Gasteiger partial charge in [-0.05, 0) is 42.8 Å². The molecule has 24 heavy (non-hydrogen) atoms. The first kappa shape index (κ1) is 15.8. The highest BCUT2D eigenvalue weighted by atomic mass is 16.5. The average molecular weight is 321 g/mol. The monoisotopic (exact) mass is 321 g/mol. The minimum Gasteiger partial charge on any atom is -0.497 e. The first-order chi connectivity index (χ1) is 11.6. The second-order valence-corrected chi connectivity index (χ2v) is 5.59. The lowest BCUT2D eigenvalue weighted by molar-refractivity contribution is 0.101. The maximum atomic E-state index is 12.5. The summed E-state index contributed by atoms with van der Waals surface area (Å²) in [5, 5.41) is 7.34. The number of nitrogens with one attached hydrogen (secondary N) is 1. The molecule has 0 aliphatic heterocycles. The van der Waals surface area contributed by atoms with E-state index in [-0.39, 0.29) is 5.91 Å². The quantitative estimate of drug-likeness (QED) is 0.798. The van der Waals surface area contributed by atoms with Crippen LogP contribution in [-0.4, -0.2) is 22.8 Å². The second kappa shape index (κ2) is 6.58. The van der Waals surface area contributed by atoms with E-state index in [9.17, 15) is 4.79 Å². The smallest absolute Gasteiger partial charge is 0.273 e. The van der Waals surface area contributed by atoms with Crippen LogP contribution >= 0.6 is 0 Å². The van der Waals surface area contributed by atoms with E-state index in [0.717, 1.165) is 28.3 Å². The van der Waals surface area contributed by atoms with Crippen molar-refractivity contribution in [2.45, 2.75) is 6.92 Å². The Morgan fingerprint density at radius 3 is 2.67 bits per heavy atom. The number of carbonyl (C=O) groups excluding carboxylic acids is 1. The molecule has 2 aromatic carbocycles. The molecule has 5 nitrogen and oxygen atoms in total. The number of aromatic nitrogens is 2. The minimum absolute atomic E-state index is 0.190. The van der Waals surface area contributed by atoms with Crippen LogP contribution in [0.2, 0.25) is 0 Å². The number of rotatable bonds is 4. The van der Waals surface area contributed by atoms with E-state index in [1.54, 1.807) is 24.9 Å². The first-order valence-electron chi connectivity index (χ1n) is 7.63. The molecule has 1 N–H and O–H groups in total. The molecule has 0 aliphatic carbocycles. The molecule has 1 heterocycles. The van der Waals surface area contributed by atoms with Crippen LogP contribution in [0, 0.1) is 6.92 Å². The Bertz CT molecular complexity index is 884. The Kier molecular flexibility index (Phi) is 4.33. The number of nitrogens with zero attached hydrogens (tertiary/aromatic N) is 2. The molecule has 0 atom stereocenters. The van der Waals surface area contributed by atoms with Gasteiger partial charge in [-0.25, -0.2) is 0 Å². The molecular formula is C19H19N3O2. The van der Waals surface area contributed by atoms with Crippen molar-refractivity contribution in [2.75, 3.05) is 12.4 Å². The fraction of sp³-hybridized carbons (Fsp3) is 0.158. The Morgan fingerprint density at radius 2 is 1.92 bits per heavy atom. The molecule has 5 heteroatoms. The van der Waals surface area contributed by atoms with Crippen molar-refractivity contribution in [1.82, 2.24) is 9.78 Å². The predicted octanol–water partition coefficient (Wildman–Crippen LogP) is 3.66. The standard InChI is InChI=1S/C19H19N3O2/c1-13-6-4-8-15(10-13)20-19(23)18-12-17(21-22(18)2)14-7-5-9-16(11-14)24-3/h4-12H,1-3H3,(H,20,23). The van der Waals surface area contributed by atoms with Crippen molar-refractivity contribution in [3.05, 3.63) is 65.9 Å². The normalized spacial score (nSPS) is 10.5. The summed E-state index contributed by atoms with van der Waals surface area (Å²) in [6, 6.07) is 17.1. The third kappa shape index (κ3) is 3.30. The summed E-state index contributed by atoms with van der Waals surface area (Å²) in [5.41, 5.74) is 3.98. The van der Waals surface area contributed by atoms with E-state index in [1.165, 1.54) is 0 Å². The van der Waals surface area contributed by atoms with Crippen molar-refractivity contribution in [1.29, 1.82) is 0 Å². The van der Waals surface area contributed by atoms with Gasteiger partial charge in [0, 0.05) is 18.3 Å². The zero-order chi connectivity index (χ0) is 17.1. The van der Waals surface area contributed by atoms with Gasteiger partial charge in [0.1, 0.15) is 11.4 Å². The van der Waals surface area contributed by atoms with Gasteiger partial charge in [0.2, 0.25) is 0 Å². The first-order valence-corrected chi connectivity index (χ1v) is 7.63. The number of benzene rings is 2. The van der Waals surface area contributed by atoms with Gasteiger partial charge in [-0.2, -0.15) is 5.10 Å². The van der Waals surface area contributed by atoms with Gasteiger partial charge >= 0.3 is 0 Å². The molecule has 0 aliphatic rings. The van der Waals surface area contributed by atoms with Gasteiger partial charge in [-0.1, -0.05) is 24.3 Å². The highest BCUT2D eigenvalue weighted by Gasteiger charge is 2.15. The Labute approximate surface area is 140 Å². The molecule has 0 radical (unpaired) electrons. The molecule has 0 saturated carbocycles. The Balaban J connectivity index is 1.86. The summed E-state index contributed by atoms with van der Waals surface area (Å²) in [7, 11) is 3.38. The number of ether oxygens (including phenoxy) is 1. The Morgan fingerprint density at radius 1 is 1.12 bits per heavy atom. The van der Waals surface area contributed by atoms with Gasteiger partial charge in [-0.15, -0.1) is 0 Å². The zero-order valence-corrected chi connectivity index (χ0v) is 13.9. The summed E-state index contributed by atoms with van der Waals surface area (Å²) < 4.78 is 6.82. The van der Waals surface area contributed by atoms with Gasteiger partial charge < -0.3 is 10.1 Å². The summed E-state index contributed by atoms with van der Waals surface area (Å²) >= 11 is 0. The van der Waals surface area contributed by atoms with Gasteiger partial charge in [0.25, 0.3) is 5.91 Å². The zero-order valence-electron chi connectivity index (χ0n) is 13.9. The van der Waals surface area contributed by atoms with E-state index in [1.807, 2.05) is 55.5 Å². The van der Waals surface area contributed by atoms with E-state index >= 15 is 0 Å². The summed E-state index contributed by atoms with van der Waals surface area (Å²) in [6.45, 7) is 1.99. The molecule has 3 rings (SSSR count). The fourth-order valence-corrected chi connectivity index (χ4v) is 2.52. The Hall–Kier alpha value is -3.08. The van der Waals surface area contributed by atoms with Crippen LogP contribution in [0.1, 0.15) is 16.1 Å². The molecule has 0 fully saturated rings. The lowest BCUT2D eigenvalue weighted by atomic mass is 10.1. The number of anilines is 1. The van der Waals surface area contributed by atoms with E-state index in [4.69, 9.17) is 4.74 Å². The number of carbonyl (C=O) groups is 1. The molecule has 0 bridgehead atoms. The van der Waals surface area contributed by atoms with Gasteiger partial charge in [0.05, 0.1) is 12.8 Å². The largest absolute Gasteiger partial charge is 0.497 e. The van der Waals surface area contributed by atoms with Crippen molar-refractivity contribution in [3.63, 3.8) is 0 Å². The molecular weight excluding hydrogens is 302 g/mol. The van der Waals surface area contributed by atoms with Crippen LogP contribution < -0.4 is 10.1 Å². The molecule has 0 unspecified atom stereocenters. The van der Waals surface area contributed by atoms with Crippen LogP contribution in [0.4, 0.5) is 5.69 Å². The molecule has 0 saturated heterocycles. The number of amides is 1.